The number of fused-ring (bicyclic) bond motifs is 1. The molecule has 3 rings (SSSR count). The molecule has 0 bridgehead atoms. The molecule has 0 unspecified atom stereocenters. The van der Waals surface area contributed by atoms with Gasteiger partial charge in [-0.25, -0.2) is 4.98 Å². The molecule has 1 aromatic carbocycles. The Hall–Kier alpha value is -2.27. The lowest BCUT2D eigenvalue weighted by molar-refractivity contribution is 0.0954. The summed E-state index contributed by atoms with van der Waals surface area (Å²) >= 11 is 1.54. The van der Waals surface area contributed by atoms with Gasteiger partial charge in [0.2, 0.25) is 0 Å². The Morgan fingerprint density at radius 3 is 3.10 bits per heavy atom. The Balaban J connectivity index is 1.61. The first-order chi connectivity index (χ1) is 9.83. The topological polar surface area (TPSA) is 54.9 Å². The summed E-state index contributed by atoms with van der Waals surface area (Å²) in [6.45, 7) is 0.602. The number of carbonyl (C=O) groups excluding carboxylic acids is 1. The van der Waals surface area contributed by atoms with Crippen molar-refractivity contribution in [3.63, 3.8) is 0 Å². The van der Waals surface area contributed by atoms with Crippen molar-refractivity contribution in [1.29, 1.82) is 0 Å². The smallest absolute Gasteiger partial charge is 0.251 e. The molecule has 0 saturated heterocycles. The van der Waals surface area contributed by atoms with Crippen LogP contribution < -0.4 is 5.32 Å². The Bertz CT molecular complexity index is 724. The van der Waals surface area contributed by atoms with E-state index in [2.05, 4.69) is 15.3 Å². The van der Waals surface area contributed by atoms with Crippen LogP contribution in [0.2, 0.25) is 0 Å². The highest BCUT2D eigenvalue weighted by Crippen LogP contribution is 2.18. The lowest BCUT2D eigenvalue weighted by Crippen LogP contribution is -2.25. The van der Waals surface area contributed by atoms with Crippen LogP contribution in [0.5, 0.6) is 0 Å². The molecule has 1 N–H and O–H groups in total. The van der Waals surface area contributed by atoms with Crippen molar-refractivity contribution < 1.29 is 4.79 Å². The number of hydrogen-bond acceptors (Lipinski definition) is 4. The zero-order valence-electron chi connectivity index (χ0n) is 10.7. The second-order valence-corrected chi connectivity index (χ2v) is 5.29. The molecule has 0 aliphatic carbocycles. The van der Waals surface area contributed by atoms with Crippen LogP contribution in [0.25, 0.3) is 10.2 Å². The Labute approximate surface area is 120 Å². The lowest BCUT2D eigenvalue weighted by atomic mass is 10.2. The summed E-state index contributed by atoms with van der Waals surface area (Å²) in [7, 11) is 0. The van der Waals surface area contributed by atoms with E-state index in [-0.39, 0.29) is 5.91 Å². The van der Waals surface area contributed by atoms with Gasteiger partial charge in [0, 0.05) is 24.5 Å². The summed E-state index contributed by atoms with van der Waals surface area (Å²) in [6, 6.07) is 9.47. The Morgan fingerprint density at radius 2 is 2.25 bits per heavy atom. The molecule has 2 aromatic heterocycles. The zero-order chi connectivity index (χ0) is 13.8. The molecule has 0 radical (unpaired) electrons. The van der Waals surface area contributed by atoms with Gasteiger partial charge in [0.25, 0.3) is 5.91 Å². The summed E-state index contributed by atoms with van der Waals surface area (Å²) in [5.41, 5.74) is 4.51. The van der Waals surface area contributed by atoms with Crippen molar-refractivity contribution in [3.8, 4) is 0 Å². The molecule has 2 heterocycles. The van der Waals surface area contributed by atoms with E-state index in [1.54, 1.807) is 23.0 Å². The minimum atomic E-state index is -0.0517. The van der Waals surface area contributed by atoms with Crippen molar-refractivity contribution in [3.05, 3.63) is 59.4 Å². The molecular formula is C15H13N3OS. The van der Waals surface area contributed by atoms with Gasteiger partial charge in [0.1, 0.15) is 0 Å². The first kappa shape index (κ1) is 12.7. The first-order valence-corrected chi connectivity index (χ1v) is 7.21. The zero-order valence-corrected chi connectivity index (χ0v) is 11.6. The first-order valence-electron chi connectivity index (χ1n) is 6.33. The van der Waals surface area contributed by atoms with Crippen LogP contribution in [-0.4, -0.2) is 22.4 Å². The van der Waals surface area contributed by atoms with Crippen LogP contribution >= 0.6 is 11.3 Å². The fourth-order valence-electron chi connectivity index (χ4n) is 1.96. The predicted octanol–water partition coefficient (Wildman–Crippen LogP) is 2.66. The van der Waals surface area contributed by atoms with Gasteiger partial charge < -0.3 is 5.32 Å². The van der Waals surface area contributed by atoms with Crippen molar-refractivity contribution in [2.45, 2.75) is 6.42 Å². The fourth-order valence-corrected chi connectivity index (χ4v) is 2.68. The fraction of sp³-hybridized carbons (Fsp3) is 0.133. The number of thiazole rings is 1. The number of rotatable bonds is 4. The van der Waals surface area contributed by atoms with Crippen molar-refractivity contribution in [1.82, 2.24) is 15.3 Å². The van der Waals surface area contributed by atoms with E-state index >= 15 is 0 Å². The number of nitrogens with one attached hydrogen (secondary N) is 1. The Kier molecular flexibility index (Phi) is 3.69. The van der Waals surface area contributed by atoms with E-state index in [1.807, 2.05) is 36.5 Å². The molecule has 0 atom stereocenters. The number of hydrogen-bond donors (Lipinski definition) is 1. The number of nitrogens with zero attached hydrogens (tertiary/aromatic N) is 2. The summed E-state index contributed by atoms with van der Waals surface area (Å²) in [6.07, 6.45) is 4.34. The van der Waals surface area contributed by atoms with Gasteiger partial charge in [0.15, 0.2) is 0 Å². The van der Waals surface area contributed by atoms with E-state index in [1.165, 1.54) is 0 Å². The monoisotopic (exact) mass is 283 g/mol. The third-order valence-electron chi connectivity index (χ3n) is 3.02. The van der Waals surface area contributed by atoms with Gasteiger partial charge in [-0.1, -0.05) is 6.07 Å². The van der Waals surface area contributed by atoms with E-state index < -0.39 is 0 Å². The average Bonchev–Trinajstić information content (AvgIpc) is 2.95. The quantitative estimate of drug-likeness (QED) is 0.801. The van der Waals surface area contributed by atoms with Crippen molar-refractivity contribution in [2.24, 2.45) is 0 Å². The highest BCUT2D eigenvalue weighted by atomic mass is 32.1. The van der Waals surface area contributed by atoms with Crippen molar-refractivity contribution >= 4 is 27.5 Å². The summed E-state index contributed by atoms with van der Waals surface area (Å²) in [4.78, 5) is 20.3. The number of benzene rings is 1. The van der Waals surface area contributed by atoms with E-state index in [0.717, 1.165) is 22.2 Å². The number of aromatic nitrogens is 2. The maximum atomic E-state index is 12.1. The van der Waals surface area contributed by atoms with Gasteiger partial charge in [-0.3, -0.25) is 9.78 Å². The maximum absolute atomic E-state index is 12.1. The molecular weight excluding hydrogens is 270 g/mol. The molecule has 3 aromatic rings. The van der Waals surface area contributed by atoms with Gasteiger partial charge in [-0.05, 0) is 36.2 Å². The molecule has 0 aliphatic rings. The molecule has 20 heavy (non-hydrogen) atoms. The predicted molar refractivity (Wildman–Crippen MR) is 79.9 cm³/mol. The third-order valence-corrected chi connectivity index (χ3v) is 3.81. The second kappa shape index (κ2) is 5.79. The molecule has 4 nitrogen and oxygen atoms in total. The lowest BCUT2D eigenvalue weighted by Gasteiger charge is -2.05. The molecule has 0 aliphatic heterocycles. The van der Waals surface area contributed by atoms with Crippen LogP contribution in [0.15, 0.2) is 48.2 Å². The number of amides is 1. The molecule has 0 saturated carbocycles. The molecule has 0 spiro atoms. The molecule has 0 fully saturated rings. The average molecular weight is 283 g/mol. The maximum Gasteiger partial charge on any atom is 0.251 e. The van der Waals surface area contributed by atoms with E-state index in [9.17, 15) is 4.79 Å². The van der Waals surface area contributed by atoms with Crippen LogP contribution in [0.4, 0.5) is 0 Å². The van der Waals surface area contributed by atoms with Gasteiger partial charge in [-0.15, -0.1) is 11.3 Å². The standard InChI is InChI=1S/C15H13N3OS/c19-15(17-7-5-11-2-1-6-16-9-11)12-3-4-13-14(8-12)20-10-18-13/h1-4,6,8-10H,5,7H2,(H,17,19). The highest BCUT2D eigenvalue weighted by Gasteiger charge is 2.06. The summed E-state index contributed by atoms with van der Waals surface area (Å²) < 4.78 is 1.03. The normalized spacial score (nSPS) is 10.6. The summed E-state index contributed by atoms with van der Waals surface area (Å²) in [5, 5.41) is 2.92. The van der Waals surface area contributed by atoms with Crippen LogP contribution in [0.1, 0.15) is 15.9 Å². The number of carbonyl (C=O) groups is 1. The summed E-state index contributed by atoms with van der Waals surface area (Å²) in [5.74, 6) is -0.0517. The van der Waals surface area contributed by atoms with E-state index in [4.69, 9.17) is 0 Å². The highest BCUT2D eigenvalue weighted by molar-refractivity contribution is 7.16. The van der Waals surface area contributed by atoms with Gasteiger partial charge in [-0.2, -0.15) is 0 Å². The van der Waals surface area contributed by atoms with Crippen LogP contribution in [0, 0.1) is 0 Å². The largest absolute Gasteiger partial charge is 0.352 e. The number of pyridine rings is 1. The third kappa shape index (κ3) is 2.83. The molecule has 1 amide bonds. The minimum Gasteiger partial charge on any atom is -0.352 e. The van der Waals surface area contributed by atoms with Crippen LogP contribution in [-0.2, 0) is 6.42 Å². The van der Waals surface area contributed by atoms with Gasteiger partial charge >= 0.3 is 0 Å². The molecule has 100 valence electrons. The SMILES string of the molecule is O=C(NCCc1cccnc1)c1ccc2ncsc2c1. The van der Waals surface area contributed by atoms with Crippen molar-refractivity contribution in [2.75, 3.05) is 6.54 Å². The van der Waals surface area contributed by atoms with E-state index in [0.29, 0.717) is 12.1 Å². The Morgan fingerprint density at radius 1 is 1.30 bits per heavy atom. The van der Waals surface area contributed by atoms with Gasteiger partial charge in [0.05, 0.1) is 15.7 Å². The second-order valence-electron chi connectivity index (χ2n) is 4.40. The van der Waals surface area contributed by atoms with Crippen LogP contribution in [0.3, 0.4) is 0 Å². The minimum absolute atomic E-state index is 0.0517. The molecule has 5 heteroatoms.